The van der Waals surface area contributed by atoms with Crippen LogP contribution in [0, 0.1) is 0 Å². The zero-order valence-corrected chi connectivity index (χ0v) is 16.6. The fraction of sp³-hybridized carbons (Fsp3) is 0.667. The smallest absolute Gasteiger partial charge is 0.327 e. The average Bonchev–Trinajstić information content (AvgIpc) is 2.61. The van der Waals surface area contributed by atoms with E-state index < -0.39 is 72.5 Å². The van der Waals surface area contributed by atoms with Gasteiger partial charge in [-0.3, -0.25) is 19.2 Å². The summed E-state index contributed by atoms with van der Waals surface area (Å²) in [5.41, 5.74) is 5.43. The summed E-state index contributed by atoms with van der Waals surface area (Å²) in [7, 11) is 0. The van der Waals surface area contributed by atoms with E-state index in [1.807, 2.05) is 5.32 Å². The van der Waals surface area contributed by atoms with Crippen molar-refractivity contribution in [1.29, 1.82) is 0 Å². The van der Waals surface area contributed by atoms with E-state index in [1.165, 1.54) is 6.92 Å². The molecule has 14 heteroatoms. The number of nitrogens with one attached hydrogen (secondary N) is 3. The molecule has 13 nitrogen and oxygen atoms in total. The molecule has 0 aromatic heterocycles. The monoisotopic (exact) mass is 438 g/mol. The highest BCUT2D eigenvalue weighted by atomic mass is 32.1. The highest BCUT2D eigenvalue weighted by Gasteiger charge is 2.33. The third kappa shape index (κ3) is 9.08. The number of aliphatic carboxylic acids is 2. The first-order valence-corrected chi connectivity index (χ1v) is 9.03. The van der Waals surface area contributed by atoms with Gasteiger partial charge in [0.1, 0.15) is 24.2 Å². The molecule has 6 unspecified atom stereocenters. The predicted octanol–water partition coefficient (Wildman–Crippen LogP) is -3.98. The summed E-state index contributed by atoms with van der Waals surface area (Å²) in [5.74, 6) is -6.34. The van der Waals surface area contributed by atoms with Gasteiger partial charge in [-0.25, -0.2) is 4.79 Å². The first-order valence-electron chi connectivity index (χ1n) is 8.40. The van der Waals surface area contributed by atoms with Crippen molar-refractivity contribution < 1.29 is 44.4 Å². The number of hydrogen-bond acceptors (Lipinski definition) is 9. The number of carbonyl (C=O) groups excluding carboxylic acids is 3. The Balaban J connectivity index is 5.38. The summed E-state index contributed by atoms with van der Waals surface area (Å²) in [6.45, 7) is 2.35. The second-order valence-corrected chi connectivity index (χ2v) is 6.60. The maximum absolute atomic E-state index is 12.4. The first kappa shape index (κ1) is 26.6. The first-order chi connectivity index (χ1) is 13.3. The van der Waals surface area contributed by atoms with E-state index in [-0.39, 0.29) is 5.75 Å². The molecule has 9 N–H and O–H groups in total. The molecular weight excluding hydrogens is 412 g/mol. The van der Waals surface area contributed by atoms with E-state index in [9.17, 15) is 34.2 Å². The van der Waals surface area contributed by atoms with Crippen molar-refractivity contribution in [2.45, 2.75) is 56.6 Å². The van der Waals surface area contributed by atoms with Crippen LogP contribution < -0.4 is 21.7 Å². The fourth-order valence-corrected chi connectivity index (χ4v) is 2.22. The number of hydrogen-bond donors (Lipinski definition) is 9. The number of aliphatic hydroxyl groups is 2. The highest BCUT2D eigenvalue weighted by molar-refractivity contribution is 7.80. The van der Waals surface area contributed by atoms with Crippen LogP contribution >= 0.6 is 12.6 Å². The second kappa shape index (κ2) is 12.2. The van der Waals surface area contributed by atoms with E-state index in [4.69, 9.17) is 15.9 Å². The molecule has 0 aromatic rings. The van der Waals surface area contributed by atoms with Gasteiger partial charge >= 0.3 is 11.9 Å². The molecule has 0 saturated carbocycles. The Labute approximate surface area is 171 Å². The van der Waals surface area contributed by atoms with Crippen molar-refractivity contribution in [3.8, 4) is 0 Å². The van der Waals surface area contributed by atoms with Crippen LogP contribution in [0.3, 0.4) is 0 Å². The van der Waals surface area contributed by atoms with Crippen molar-refractivity contribution in [3.63, 3.8) is 0 Å². The van der Waals surface area contributed by atoms with Gasteiger partial charge < -0.3 is 42.1 Å². The quantitative estimate of drug-likeness (QED) is 0.134. The van der Waals surface area contributed by atoms with E-state index in [0.29, 0.717) is 0 Å². The molecule has 6 atom stereocenters. The predicted molar refractivity (Wildman–Crippen MR) is 101 cm³/mol. The lowest BCUT2D eigenvalue weighted by Crippen LogP contribution is -2.60. The average molecular weight is 438 g/mol. The van der Waals surface area contributed by atoms with Gasteiger partial charge in [0.25, 0.3) is 0 Å². The molecule has 29 heavy (non-hydrogen) atoms. The molecule has 0 aliphatic heterocycles. The number of aliphatic hydroxyl groups excluding tert-OH is 2. The molecule has 0 aromatic carbocycles. The molecule has 0 aliphatic rings. The van der Waals surface area contributed by atoms with Gasteiger partial charge in [0, 0.05) is 5.75 Å². The normalized spacial score (nSPS) is 17.0. The molecule has 0 heterocycles. The third-order valence-corrected chi connectivity index (χ3v) is 4.06. The summed E-state index contributed by atoms with van der Waals surface area (Å²) in [5, 5.41) is 43.2. The topological polar surface area (TPSA) is 228 Å². The molecule has 0 bridgehead atoms. The van der Waals surface area contributed by atoms with Crippen molar-refractivity contribution in [2.75, 3.05) is 5.75 Å². The number of amides is 3. The van der Waals surface area contributed by atoms with Gasteiger partial charge in [-0.1, -0.05) is 0 Å². The number of nitrogens with two attached hydrogens (primary N) is 1. The number of rotatable bonds is 12. The summed E-state index contributed by atoms with van der Waals surface area (Å²) < 4.78 is 0. The summed E-state index contributed by atoms with van der Waals surface area (Å²) in [6.07, 6.45) is -3.66. The Morgan fingerprint density at radius 1 is 0.862 bits per heavy atom. The molecule has 0 spiro atoms. The molecule has 0 aliphatic carbocycles. The minimum absolute atomic E-state index is 0.267. The number of carboxylic acid groups (broad SMARTS) is 2. The SMILES string of the molecule is CC(O)C(N)C(=O)NC(CC(=O)O)C(=O)NC(C(=O)NC(CS)C(=O)O)C(C)O. The Morgan fingerprint density at radius 3 is 1.76 bits per heavy atom. The summed E-state index contributed by atoms with van der Waals surface area (Å²) >= 11 is 3.77. The van der Waals surface area contributed by atoms with Crippen LogP contribution in [0.5, 0.6) is 0 Å². The molecule has 0 rings (SSSR count). The van der Waals surface area contributed by atoms with Crippen LogP contribution in [0.1, 0.15) is 20.3 Å². The zero-order valence-electron chi connectivity index (χ0n) is 15.7. The summed E-state index contributed by atoms with van der Waals surface area (Å²) in [4.78, 5) is 58.5. The second-order valence-electron chi connectivity index (χ2n) is 6.23. The van der Waals surface area contributed by atoms with Crippen LogP contribution in [-0.2, 0) is 24.0 Å². The molecule has 0 radical (unpaired) electrons. The van der Waals surface area contributed by atoms with Gasteiger partial charge in [-0.2, -0.15) is 12.6 Å². The van der Waals surface area contributed by atoms with Crippen LogP contribution in [0.2, 0.25) is 0 Å². The Morgan fingerprint density at radius 2 is 1.38 bits per heavy atom. The number of carboxylic acids is 2. The lowest BCUT2D eigenvalue weighted by molar-refractivity contribution is -0.143. The van der Waals surface area contributed by atoms with Gasteiger partial charge in [0.2, 0.25) is 17.7 Å². The zero-order chi connectivity index (χ0) is 22.9. The Hall–Kier alpha value is -2.42. The molecule has 0 saturated heterocycles. The molecule has 3 amide bonds. The number of thiol groups is 1. The maximum atomic E-state index is 12.4. The van der Waals surface area contributed by atoms with Gasteiger partial charge in [-0.15, -0.1) is 0 Å². The van der Waals surface area contributed by atoms with Crippen LogP contribution in [0.15, 0.2) is 0 Å². The van der Waals surface area contributed by atoms with E-state index in [2.05, 4.69) is 23.3 Å². The standard InChI is InChI=1S/C15H26N4O9S/c1-5(20)10(16)13(25)17-7(3-9(22)23)12(24)19-11(6(2)21)14(26)18-8(4-29)15(27)28/h5-8,10-11,20-21,29H,3-4,16H2,1-2H3,(H,17,25)(H,18,26)(H,19,24)(H,22,23)(H,27,28). The fourth-order valence-electron chi connectivity index (χ4n) is 1.98. The van der Waals surface area contributed by atoms with Gasteiger partial charge in [0.15, 0.2) is 0 Å². The minimum Gasteiger partial charge on any atom is -0.481 e. The highest BCUT2D eigenvalue weighted by Crippen LogP contribution is 2.01. The Bertz CT molecular complexity index is 629. The van der Waals surface area contributed by atoms with Crippen molar-refractivity contribution in [1.82, 2.24) is 16.0 Å². The summed E-state index contributed by atoms with van der Waals surface area (Å²) in [6, 6.07) is -6.17. The van der Waals surface area contributed by atoms with Crippen LogP contribution in [0.25, 0.3) is 0 Å². The molecular formula is C15H26N4O9S. The maximum Gasteiger partial charge on any atom is 0.327 e. The third-order valence-electron chi connectivity index (χ3n) is 3.69. The van der Waals surface area contributed by atoms with E-state index in [1.54, 1.807) is 0 Å². The van der Waals surface area contributed by atoms with E-state index in [0.717, 1.165) is 6.92 Å². The van der Waals surface area contributed by atoms with Crippen LogP contribution in [0.4, 0.5) is 0 Å². The van der Waals surface area contributed by atoms with Gasteiger partial charge in [-0.05, 0) is 13.8 Å². The largest absolute Gasteiger partial charge is 0.481 e. The number of carbonyl (C=O) groups is 5. The van der Waals surface area contributed by atoms with E-state index >= 15 is 0 Å². The lowest BCUT2D eigenvalue weighted by Gasteiger charge is -2.26. The molecule has 166 valence electrons. The van der Waals surface area contributed by atoms with Crippen molar-refractivity contribution >= 4 is 42.3 Å². The van der Waals surface area contributed by atoms with Crippen molar-refractivity contribution in [3.05, 3.63) is 0 Å². The van der Waals surface area contributed by atoms with Gasteiger partial charge in [0.05, 0.1) is 18.6 Å². The molecule has 0 fully saturated rings. The minimum atomic E-state index is -1.68. The Kier molecular flexibility index (Phi) is 11.2. The van der Waals surface area contributed by atoms with Crippen molar-refractivity contribution in [2.24, 2.45) is 5.73 Å². The van der Waals surface area contributed by atoms with Crippen LogP contribution in [-0.4, -0.2) is 92.2 Å². The lowest BCUT2D eigenvalue weighted by atomic mass is 10.1.